The summed E-state index contributed by atoms with van der Waals surface area (Å²) < 4.78 is 27.5. The number of hydrogen-bond donors (Lipinski definition) is 2. The van der Waals surface area contributed by atoms with Gasteiger partial charge in [0.15, 0.2) is 0 Å². The predicted molar refractivity (Wildman–Crippen MR) is 70.5 cm³/mol. The van der Waals surface area contributed by atoms with Gasteiger partial charge >= 0.3 is 5.97 Å². The summed E-state index contributed by atoms with van der Waals surface area (Å²) >= 11 is 0. The van der Waals surface area contributed by atoms with Crippen molar-refractivity contribution in [2.45, 2.75) is 52.0 Å². The summed E-state index contributed by atoms with van der Waals surface area (Å²) in [6.07, 6.45) is 2.04. The van der Waals surface area contributed by atoms with E-state index in [2.05, 4.69) is 4.72 Å². The number of carboxylic acid groups (broad SMARTS) is 1. The van der Waals surface area contributed by atoms with Gasteiger partial charge in [-0.05, 0) is 19.3 Å². The van der Waals surface area contributed by atoms with Crippen molar-refractivity contribution >= 4 is 16.2 Å². The average Bonchev–Trinajstić information content (AvgIpc) is 2.32. The second kappa shape index (κ2) is 7.06. The highest BCUT2D eigenvalue weighted by molar-refractivity contribution is 7.87. The van der Waals surface area contributed by atoms with E-state index in [0.717, 1.165) is 12.8 Å². The van der Waals surface area contributed by atoms with Crippen LogP contribution in [0.1, 0.15) is 46.5 Å². The van der Waals surface area contributed by atoms with Crippen molar-refractivity contribution in [1.82, 2.24) is 9.03 Å². The Morgan fingerprint density at radius 3 is 2.11 bits per heavy atom. The third-order valence-corrected chi connectivity index (χ3v) is 4.83. The molecular formula is C11H24N2O4S. The smallest absolute Gasteiger partial charge is 0.324 e. The Morgan fingerprint density at radius 1 is 1.28 bits per heavy atom. The standard InChI is InChI=1S/C11H24N2O4S/c1-5-8-9-13(4)18(16,17)12-11(6-2,7-3)10(14)15/h12H,5-9H2,1-4H3,(H,14,15). The molecule has 0 atom stereocenters. The summed E-state index contributed by atoms with van der Waals surface area (Å²) in [5.74, 6) is -1.14. The van der Waals surface area contributed by atoms with E-state index in [0.29, 0.717) is 6.54 Å². The van der Waals surface area contributed by atoms with Gasteiger partial charge in [-0.15, -0.1) is 0 Å². The monoisotopic (exact) mass is 280 g/mol. The maximum Gasteiger partial charge on any atom is 0.324 e. The van der Waals surface area contributed by atoms with Crippen LogP contribution in [-0.2, 0) is 15.0 Å². The third kappa shape index (κ3) is 4.22. The highest BCUT2D eigenvalue weighted by Gasteiger charge is 2.39. The lowest BCUT2D eigenvalue weighted by molar-refractivity contribution is -0.144. The fraction of sp³-hybridized carbons (Fsp3) is 0.909. The Kier molecular flexibility index (Phi) is 6.80. The molecule has 108 valence electrons. The lowest BCUT2D eigenvalue weighted by Crippen LogP contribution is -2.56. The number of carbonyl (C=O) groups is 1. The van der Waals surface area contributed by atoms with Crippen LogP contribution < -0.4 is 4.72 Å². The van der Waals surface area contributed by atoms with Crippen LogP contribution in [-0.4, -0.2) is 42.9 Å². The maximum atomic E-state index is 12.0. The second-order valence-corrected chi connectivity index (χ2v) is 6.15. The van der Waals surface area contributed by atoms with Crippen LogP contribution in [0, 0.1) is 0 Å². The fourth-order valence-electron chi connectivity index (χ4n) is 1.57. The number of nitrogens with one attached hydrogen (secondary N) is 1. The zero-order chi connectivity index (χ0) is 14.4. The molecule has 0 saturated heterocycles. The van der Waals surface area contributed by atoms with E-state index in [4.69, 9.17) is 0 Å². The molecule has 0 saturated carbocycles. The van der Waals surface area contributed by atoms with Crippen molar-refractivity contribution in [2.24, 2.45) is 0 Å². The minimum absolute atomic E-state index is 0.208. The molecule has 0 unspecified atom stereocenters. The summed E-state index contributed by atoms with van der Waals surface area (Å²) in [6.45, 7) is 5.67. The van der Waals surface area contributed by atoms with E-state index < -0.39 is 21.7 Å². The molecule has 0 aromatic rings. The number of unbranched alkanes of at least 4 members (excludes halogenated alkanes) is 1. The van der Waals surface area contributed by atoms with Gasteiger partial charge in [0.05, 0.1) is 0 Å². The molecule has 0 spiro atoms. The molecule has 0 aromatic heterocycles. The van der Waals surface area contributed by atoms with Crippen LogP contribution >= 0.6 is 0 Å². The molecule has 18 heavy (non-hydrogen) atoms. The highest BCUT2D eigenvalue weighted by Crippen LogP contribution is 2.17. The number of rotatable bonds is 9. The Morgan fingerprint density at radius 2 is 1.78 bits per heavy atom. The number of hydrogen-bond acceptors (Lipinski definition) is 3. The van der Waals surface area contributed by atoms with Crippen molar-refractivity contribution in [3.05, 3.63) is 0 Å². The number of carboxylic acids is 1. The Hall–Kier alpha value is -0.660. The maximum absolute atomic E-state index is 12.0. The van der Waals surface area contributed by atoms with Crippen LogP contribution in [0.15, 0.2) is 0 Å². The topological polar surface area (TPSA) is 86.7 Å². The van der Waals surface area contributed by atoms with Crippen molar-refractivity contribution in [3.63, 3.8) is 0 Å². The van der Waals surface area contributed by atoms with Gasteiger partial charge in [0.25, 0.3) is 10.2 Å². The Labute approximate surface area is 110 Å². The van der Waals surface area contributed by atoms with Gasteiger partial charge in [0.2, 0.25) is 0 Å². The minimum atomic E-state index is -3.76. The molecule has 6 nitrogen and oxygen atoms in total. The summed E-state index contributed by atoms with van der Waals surface area (Å²) in [4.78, 5) is 11.3. The van der Waals surface area contributed by atoms with Gasteiger partial charge in [0.1, 0.15) is 5.54 Å². The van der Waals surface area contributed by atoms with Crippen LogP contribution in [0.2, 0.25) is 0 Å². The third-order valence-electron chi connectivity index (χ3n) is 3.18. The van der Waals surface area contributed by atoms with Gasteiger partial charge in [-0.1, -0.05) is 27.2 Å². The van der Waals surface area contributed by atoms with Crippen LogP contribution in [0.25, 0.3) is 0 Å². The van der Waals surface area contributed by atoms with Gasteiger partial charge in [-0.3, -0.25) is 4.79 Å². The molecule has 0 bridgehead atoms. The molecule has 0 aromatic carbocycles. The first-order chi connectivity index (χ1) is 8.25. The second-order valence-electron chi connectivity index (χ2n) is 4.38. The van der Waals surface area contributed by atoms with Crippen molar-refractivity contribution in [3.8, 4) is 0 Å². The van der Waals surface area contributed by atoms with Crippen LogP contribution in [0.4, 0.5) is 0 Å². The van der Waals surface area contributed by atoms with Gasteiger partial charge in [0, 0.05) is 13.6 Å². The predicted octanol–water partition coefficient (Wildman–Crippen LogP) is 1.20. The van der Waals surface area contributed by atoms with E-state index in [-0.39, 0.29) is 12.8 Å². The van der Waals surface area contributed by atoms with E-state index in [9.17, 15) is 18.3 Å². The van der Waals surface area contributed by atoms with Gasteiger partial charge < -0.3 is 5.11 Å². The normalized spacial score (nSPS) is 12.9. The van der Waals surface area contributed by atoms with E-state index >= 15 is 0 Å². The zero-order valence-corrected chi connectivity index (χ0v) is 12.4. The first-order valence-corrected chi connectivity index (χ1v) is 7.68. The Balaban J connectivity index is 4.98. The Bertz CT molecular complexity index is 363. The van der Waals surface area contributed by atoms with Crippen molar-refractivity contribution in [2.75, 3.05) is 13.6 Å². The van der Waals surface area contributed by atoms with Gasteiger partial charge in [-0.25, -0.2) is 0 Å². The molecule has 7 heteroatoms. The lowest BCUT2D eigenvalue weighted by Gasteiger charge is -2.30. The highest BCUT2D eigenvalue weighted by atomic mass is 32.2. The fourth-order valence-corrected chi connectivity index (χ4v) is 2.96. The summed E-state index contributed by atoms with van der Waals surface area (Å²) in [6, 6.07) is 0. The average molecular weight is 280 g/mol. The van der Waals surface area contributed by atoms with Crippen molar-refractivity contribution < 1.29 is 18.3 Å². The minimum Gasteiger partial charge on any atom is -0.480 e. The first kappa shape index (κ1) is 17.3. The van der Waals surface area contributed by atoms with Crippen LogP contribution in [0.5, 0.6) is 0 Å². The first-order valence-electron chi connectivity index (χ1n) is 6.24. The number of nitrogens with zero attached hydrogens (tertiary/aromatic N) is 1. The lowest BCUT2D eigenvalue weighted by atomic mass is 9.95. The van der Waals surface area contributed by atoms with Crippen LogP contribution in [0.3, 0.4) is 0 Å². The summed E-state index contributed by atoms with van der Waals surface area (Å²) in [5, 5.41) is 9.20. The molecule has 0 aliphatic rings. The molecule has 0 heterocycles. The van der Waals surface area contributed by atoms with Crippen molar-refractivity contribution in [1.29, 1.82) is 0 Å². The zero-order valence-electron chi connectivity index (χ0n) is 11.6. The van der Waals surface area contributed by atoms with E-state index in [1.54, 1.807) is 13.8 Å². The molecule has 0 rings (SSSR count). The SMILES string of the molecule is CCCCN(C)S(=O)(=O)NC(CC)(CC)C(=O)O. The number of aliphatic carboxylic acids is 1. The van der Waals surface area contributed by atoms with Gasteiger partial charge in [-0.2, -0.15) is 17.4 Å². The molecule has 0 fully saturated rings. The summed E-state index contributed by atoms with van der Waals surface area (Å²) in [5.41, 5.74) is -1.42. The molecule has 2 N–H and O–H groups in total. The van der Waals surface area contributed by atoms with E-state index in [1.165, 1.54) is 11.4 Å². The quantitative estimate of drug-likeness (QED) is 0.664. The molecule has 0 aliphatic carbocycles. The largest absolute Gasteiger partial charge is 0.480 e. The molecule has 0 radical (unpaired) electrons. The molecule has 0 amide bonds. The molecular weight excluding hydrogens is 256 g/mol. The van der Waals surface area contributed by atoms with E-state index in [1.807, 2.05) is 6.92 Å². The molecule has 0 aliphatic heterocycles. The summed E-state index contributed by atoms with van der Waals surface area (Å²) in [7, 11) is -2.30.